The van der Waals surface area contributed by atoms with Gasteiger partial charge in [-0.25, -0.2) is 4.79 Å². The number of benzene rings is 2. The quantitative estimate of drug-likeness (QED) is 0.0619. The predicted molar refractivity (Wildman–Crippen MR) is 164 cm³/mol. The second-order valence-corrected chi connectivity index (χ2v) is 10.0. The zero-order valence-corrected chi connectivity index (χ0v) is 25.1. The van der Waals surface area contributed by atoms with E-state index in [1.807, 2.05) is 30.3 Å². The molecule has 0 unspecified atom stereocenters. The van der Waals surface area contributed by atoms with Crippen molar-refractivity contribution in [3.8, 4) is 17.2 Å². The first-order valence-electron chi connectivity index (χ1n) is 15.2. The minimum Gasteiger partial charge on any atom is -0.493 e. The fourth-order valence-corrected chi connectivity index (χ4v) is 4.36. The van der Waals surface area contributed by atoms with E-state index >= 15 is 0 Å². The van der Waals surface area contributed by atoms with E-state index in [1.54, 1.807) is 25.3 Å². The van der Waals surface area contributed by atoms with Crippen molar-refractivity contribution in [1.29, 1.82) is 0 Å². The van der Waals surface area contributed by atoms with Crippen molar-refractivity contribution in [3.63, 3.8) is 0 Å². The summed E-state index contributed by atoms with van der Waals surface area (Å²) in [4.78, 5) is 12.3. The molecule has 0 aliphatic carbocycles. The van der Waals surface area contributed by atoms with Crippen LogP contribution in [0.25, 0.3) is 6.08 Å². The Morgan fingerprint density at radius 1 is 0.756 bits per heavy atom. The number of hydrogen-bond donors (Lipinski definition) is 1. The maximum atomic E-state index is 12.3. The predicted octanol–water partition coefficient (Wildman–Crippen LogP) is 7.18. The molecule has 2 aromatic carbocycles. The third-order valence-electron chi connectivity index (χ3n) is 6.65. The molecule has 0 saturated carbocycles. The van der Waals surface area contributed by atoms with E-state index in [-0.39, 0.29) is 6.61 Å². The fraction of sp³-hybridized carbons (Fsp3) is 0.559. The number of aliphatic hydroxyl groups excluding tert-OH is 1. The highest BCUT2D eigenvalue weighted by Crippen LogP contribution is 2.28. The number of aliphatic hydroxyl groups is 1. The van der Waals surface area contributed by atoms with Crippen LogP contribution < -0.4 is 14.2 Å². The van der Waals surface area contributed by atoms with Gasteiger partial charge in [-0.2, -0.15) is 0 Å². The van der Waals surface area contributed by atoms with Gasteiger partial charge in [-0.15, -0.1) is 0 Å². The van der Waals surface area contributed by atoms with Crippen molar-refractivity contribution in [2.24, 2.45) is 0 Å². The monoisotopic (exact) mass is 570 g/mol. The SMILES string of the molecule is CCCCCCCCCCCCc1ccc(OC(=O)/C=C/c2ccc(OCCOCCOCCO)c(OC)c2)cc1. The van der Waals surface area contributed by atoms with Gasteiger partial charge in [0.2, 0.25) is 0 Å². The van der Waals surface area contributed by atoms with Crippen LogP contribution in [0.2, 0.25) is 0 Å². The summed E-state index contributed by atoms with van der Waals surface area (Å²) < 4.78 is 27.2. The third kappa shape index (κ3) is 16.2. The van der Waals surface area contributed by atoms with Gasteiger partial charge in [0.1, 0.15) is 12.4 Å². The van der Waals surface area contributed by atoms with Crippen LogP contribution in [0, 0.1) is 0 Å². The first kappa shape index (κ1) is 34.3. The molecule has 0 aromatic heterocycles. The highest BCUT2D eigenvalue weighted by molar-refractivity contribution is 5.88. The molecule has 0 fully saturated rings. The Morgan fingerprint density at radius 2 is 1.39 bits per heavy atom. The second-order valence-electron chi connectivity index (χ2n) is 10.0. The van der Waals surface area contributed by atoms with Crippen LogP contribution >= 0.6 is 0 Å². The van der Waals surface area contributed by atoms with Gasteiger partial charge in [0.05, 0.1) is 40.1 Å². The van der Waals surface area contributed by atoms with Crippen LogP contribution in [-0.4, -0.2) is 57.8 Å². The topological polar surface area (TPSA) is 83.5 Å². The van der Waals surface area contributed by atoms with Gasteiger partial charge in [0, 0.05) is 6.08 Å². The zero-order valence-electron chi connectivity index (χ0n) is 25.1. The van der Waals surface area contributed by atoms with Crippen LogP contribution in [0.5, 0.6) is 17.2 Å². The van der Waals surface area contributed by atoms with E-state index in [0.717, 1.165) is 12.0 Å². The van der Waals surface area contributed by atoms with Gasteiger partial charge in [0.25, 0.3) is 0 Å². The van der Waals surface area contributed by atoms with Crippen molar-refractivity contribution in [1.82, 2.24) is 0 Å². The molecule has 0 heterocycles. The summed E-state index contributed by atoms with van der Waals surface area (Å²) in [7, 11) is 1.57. The third-order valence-corrected chi connectivity index (χ3v) is 6.65. The Bertz CT molecular complexity index is 972. The van der Waals surface area contributed by atoms with Crippen LogP contribution in [0.4, 0.5) is 0 Å². The highest BCUT2D eigenvalue weighted by Gasteiger charge is 2.06. The van der Waals surface area contributed by atoms with E-state index in [9.17, 15) is 4.79 Å². The number of carbonyl (C=O) groups is 1. The lowest BCUT2D eigenvalue weighted by Crippen LogP contribution is -2.12. The van der Waals surface area contributed by atoms with Crippen molar-refractivity contribution in [3.05, 3.63) is 59.7 Å². The average Bonchev–Trinajstić information content (AvgIpc) is 2.99. The van der Waals surface area contributed by atoms with Crippen LogP contribution in [0.3, 0.4) is 0 Å². The minimum absolute atomic E-state index is 0.00258. The molecule has 0 aliphatic rings. The zero-order chi connectivity index (χ0) is 29.4. The summed E-state index contributed by atoms with van der Waals surface area (Å²) in [5.41, 5.74) is 2.06. The summed E-state index contributed by atoms with van der Waals surface area (Å²) in [5.74, 6) is 1.25. The van der Waals surface area contributed by atoms with Gasteiger partial charge in [-0.3, -0.25) is 0 Å². The van der Waals surface area contributed by atoms with Gasteiger partial charge >= 0.3 is 5.97 Å². The molecule has 0 spiro atoms. The number of esters is 1. The second kappa shape index (κ2) is 22.8. The highest BCUT2D eigenvalue weighted by atomic mass is 16.6. The standard InChI is InChI=1S/C34H50O7/c1-3-4-5-6-7-8-9-10-11-12-13-29-14-18-31(19-15-29)41-34(36)21-17-30-16-20-32(33(28-30)37-2)40-27-26-39-25-24-38-23-22-35/h14-21,28,35H,3-13,22-27H2,1-2H3/b21-17+. The molecule has 7 heteroatoms. The van der Waals surface area contributed by atoms with Crippen LogP contribution in [-0.2, 0) is 20.7 Å². The number of aryl methyl sites for hydroxylation is 1. The fourth-order valence-electron chi connectivity index (χ4n) is 4.36. The van der Waals surface area contributed by atoms with E-state index < -0.39 is 5.97 Å². The Labute approximate surface area is 246 Å². The van der Waals surface area contributed by atoms with Crippen molar-refractivity contribution >= 4 is 12.0 Å². The first-order chi connectivity index (χ1) is 20.2. The number of hydrogen-bond acceptors (Lipinski definition) is 7. The molecule has 0 radical (unpaired) electrons. The molecular formula is C34H50O7. The summed E-state index contributed by atoms with van der Waals surface area (Å²) in [6, 6.07) is 13.2. The number of carbonyl (C=O) groups excluding carboxylic acids is 1. The van der Waals surface area contributed by atoms with Crippen molar-refractivity contribution < 1.29 is 33.6 Å². The van der Waals surface area contributed by atoms with Gasteiger partial charge in [-0.1, -0.05) is 82.9 Å². The molecule has 41 heavy (non-hydrogen) atoms. The molecule has 2 aromatic rings. The van der Waals surface area contributed by atoms with Crippen LogP contribution in [0.15, 0.2) is 48.5 Å². The molecule has 0 bridgehead atoms. The van der Waals surface area contributed by atoms with Gasteiger partial charge < -0.3 is 28.8 Å². The van der Waals surface area contributed by atoms with E-state index in [0.29, 0.717) is 50.3 Å². The lowest BCUT2D eigenvalue weighted by molar-refractivity contribution is -0.128. The molecule has 0 atom stereocenters. The molecule has 0 amide bonds. The maximum absolute atomic E-state index is 12.3. The van der Waals surface area contributed by atoms with Crippen molar-refractivity contribution in [2.75, 3.05) is 46.8 Å². The molecule has 7 nitrogen and oxygen atoms in total. The Kier molecular flexibility index (Phi) is 19.1. The smallest absolute Gasteiger partial charge is 0.336 e. The largest absolute Gasteiger partial charge is 0.493 e. The lowest BCUT2D eigenvalue weighted by atomic mass is 10.0. The summed E-state index contributed by atoms with van der Waals surface area (Å²) in [5, 5.41) is 8.67. The molecular weight excluding hydrogens is 520 g/mol. The van der Waals surface area contributed by atoms with Crippen LogP contribution in [0.1, 0.15) is 82.3 Å². The molecule has 1 N–H and O–H groups in total. The lowest BCUT2D eigenvalue weighted by Gasteiger charge is -2.11. The Balaban J connectivity index is 1.66. The van der Waals surface area contributed by atoms with E-state index in [4.69, 9.17) is 28.8 Å². The maximum Gasteiger partial charge on any atom is 0.336 e. The van der Waals surface area contributed by atoms with E-state index in [2.05, 4.69) is 6.92 Å². The molecule has 228 valence electrons. The number of unbranched alkanes of at least 4 members (excludes halogenated alkanes) is 9. The van der Waals surface area contributed by atoms with Crippen molar-refractivity contribution in [2.45, 2.75) is 77.6 Å². The molecule has 0 aliphatic heterocycles. The minimum atomic E-state index is -0.438. The van der Waals surface area contributed by atoms with E-state index in [1.165, 1.54) is 75.8 Å². The first-order valence-corrected chi connectivity index (χ1v) is 15.2. The average molecular weight is 571 g/mol. The summed E-state index contributed by atoms with van der Waals surface area (Å²) >= 11 is 0. The van der Waals surface area contributed by atoms with Gasteiger partial charge in [-0.05, 0) is 54.3 Å². The number of ether oxygens (including phenoxy) is 5. The molecule has 0 saturated heterocycles. The van der Waals surface area contributed by atoms with Gasteiger partial charge in [0.15, 0.2) is 11.5 Å². The summed E-state index contributed by atoms with van der Waals surface area (Å²) in [6.07, 6.45) is 17.5. The normalized spacial score (nSPS) is 11.2. The summed E-state index contributed by atoms with van der Waals surface area (Å²) in [6.45, 7) is 4.19. The Morgan fingerprint density at radius 3 is 2.05 bits per heavy atom. The Hall–Kier alpha value is -2.87. The number of methoxy groups -OCH3 is 1. The molecule has 2 rings (SSSR count). The number of rotatable bonds is 24.